The lowest BCUT2D eigenvalue weighted by molar-refractivity contribution is -0.597. The van der Waals surface area contributed by atoms with E-state index in [2.05, 4.69) is 43.3 Å². The van der Waals surface area contributed by atoms with Crippen molar-refractivity contribution in [1.29, 1.82) is 0 Å². The molecule has 3 nitrogen and oxygen atoms in total. The largest absolute Gasteiger partial charge is 0.494 e. The van der Waals surface area contributed by atoms with Crippen LogP contribution in [0.25, 0.3) is 0 Å². The molecule has 0 N–H and O–H groups in total. The molecule has 0 heterocycles. The molecule has 2 aromatic carbocycles. The number of halogens is 1. The Morgan fingerprint density at radius 3 is 2.00 bits per heavy atom. The van der Waals surface area contributed by atoms with E-state index in [9.17, 15) is 0 Å². The molecule has 28 heavy (non-hydrogen) atoms. The van der Waals surface area contributed by atoms with Crippen LogP contribution in [-0.2, 0) is 0 Å². The molecule has 0 saturated heterocycles. The molecule has 0 aliphatic rings. The van der Waals surface area contributed by atoms with Gasteiger partial charge >= 0.3 is 21.2 Å². The smallest absolute Gasteiger partial charge is 0.358 e. The SMILES string of the molecule is CCCCCCCCOc1ccc([I+]c2ccc(OCC)c(OCC)c2)cc1. The highest BCUT2D eigenvalue weighted by molar-refractivity contribution is 5.39. The minimum atomic E-state index is -0.252. The van der Waals surface area contributed by atoms with Gasteiger partial charge in [-0.15, -0.1) is 0 Å². The molecular weight excluding hydrogens is 463 g/mol. The van der Waals surface area contributed by atoms with E-state index in [1.54, 1.807) is 0 Å². The average Bonchev–Trinajstić information content (AvgIpc) is 2.71. The van der Waals surface area contributed by atoms with Crippen molar-refractivity contribution in [3.8, 4) is 17.2 Å². The van der Waals surface area contributed by atoms with Crippen molar-refractivity contribution in [1.82, 2.24) is 0 Å². The van der Waals surface area contributed by atoms with Gasteiger partial charge in [-0.1, -0.05) is 39.0 Å². The minimum Gasteiger partial charge on any atom is -0.494 e. The van der Waals surface area contributed by atoms with Crippen LogP contribution < -0.4 is 35.4 Å². The summed E-state index contributed by atoms with van der Waals surface area (Å²) in [5, 5.41) is 0. The van der Waals surface area contributed by atoms with Crippen molar-refractivity contribution in [2.45, 2.75) is 59.3 Å². The standard InChI is InChI=1S/C24H34IO3/c1-4-7-8-9-10-11-18-28-22-15-12-20(13-16-22)25-21-14-17-23(26-5-2)24(19-21)27-6-3/h12-17,19H,4-11,18H2,1-3H3/q+1. The zero-order valence-electron chi connectivity index (χ0n) is 17.5. The third kappa shape index (κ3) is 8.29. The summed E-state index contributed by atoms with van der Waals surface area (Å²) >= 11 is -0.252. The first-order chi connectivity index (χ1) is 13.8. The van der Waals surface area contributed by atoms with Gasteiger partial charge in [-0.3, -0.25) is 0 Å². The lowest BCUT2D eigenvalue weighted by atomic mass is 10.1. The van der Waals surface area contributed by atoms with Crippen molar-refractivity contribution in [2.75, 3.05) is 19.8 Å². The van der Waals surface area contributed by atoms with Crippen LogP contribution in [0.2, 0.25) is 0 Å². The number of hydrogen-bond acceptors (Lipinski definition) is 3. The second-order valence-corrected chi connectivity index (χ2v) is 9.65. The van der Waals surface area contributed by atoms with Crippen LogP contribution in [0.5, 0.6) is 17.2 Å². The average molecular weight is 497 g/mol. The van der Waals surface area contributed by atoms with Gasteiger partial charge in [0.25, 0.3) is 0 Å². The van der Waals surface area contributed by atoms with E-state index in [4.69, 9.17) is 14.2 Å². The van der Waals surface area contributed by atoms with Gasteiger partial charge in [0.2, 0.25) is 0 Å². The molecule has 154 valence electrons. The maximum Gasteiger partial charge on any atom is 0.358 e. The molecular formula is C24H34IO3+. The van der Waals surface area contributed by atoms with Crippen molar-refractivity contribution >= 4 is 0 Å². The normalized spacial score (nSPS) is 10.7. The van der Waals surface area contributed by atoms with Gasteiger partial charge in [0.05, 0.1) is 19.8 Å². The van der Waals surface area contributed by atoms with Crippen LogP contribution >= 0.6 is 0 Å². The minimum absolute atomic E-state index is 0.252. The van der Waals surface area contributed by atoms with E-state index in [-0.39, 0.29) is 21.2 Å². The Bertz CT molecular complexity index is 670. The Morgan fingerprint density at radius 2 is 1.29 bits per heavy atom. The predicted octanol–water partition coefficient (Wildman–Crippen LogP) is 3.35. The molecule has 0 radical (unpaired) electrons. The fourth-order valence-electron chi connectivity index (χ4n) is 2.88. The van der Waals surface area contributed by atoms with Crippen LogP contribution in [0.1, 0.15) is 59.3 Å². The van der Waals surface area contributed by atoms with Crippen LogP contribution in [0.3, 0.4) is 0 Å². The predicted molar refractivity (Wildman–Crippen MR) is 111 cm³/mol. The summed E-state index contributed by atoms with van der Waals surface area (Å²) in [5.41, 5.74) is 0. The summed E-state index contributed by atoms with van der Waals surface area (Å²) in [6, 6.07) is 14.9. The van der Waals surface area contributed by atoms with Gasteiger partial charge in [0, 0.05) is 6.07 Å². The summed E-state index contributed by atoms with van der Waals surface area (Å²) in [6.45, 7) is 8.36. The van der Waals surface area contributed by atoms with Gasteiger partial charge in [0.1, 0.15) is 5.75 Å². The molecule has 0 atom stereocenters. The number of unbranched alkanes of at least 4 members (excludes halogenated alkanes) is 5. The quantitative estimate of drug-likeness (QED) is 0.296. The summed E-state index contributed by atoms with van der Waals surface area (Å²) in [4.78, 5) is 0. The second kappa shape index (κ2) is 13.7. The highest BCUT2D eigenvalue weighted by Gasteiger charge is 2.18. The fourth-order valence-corrected chi connectivity index (χ4v) is 5.11. The van der Waals surface area contributed by atoms with E-state index in [1.807, 2.05) is 19.9 Å². The van der Waals surface area contributed by atoms with E-state index in [0.29, 0.717) is 13.2 Å². The Balaban J connectivity index is 1.82. The zero-order chi connectivity index (χ0) is 20.0. The van der Waals surface area contributed by atoms with Crippen molar-refractivity contribution in [3.63, 3.8) is 0 Å². The van der Waals surface area contributed by atoms with Crippen LogP contribution in [0.15, 0.2) is 42.5 Å². The molecule has 4 heteroatoms. The summed E-state index contributed by atoms with van der Waals surface area (Å²) < 4.78 is 20.0. The number of rotatable bonds is 14. The van der Waals surface area contributed by atoms with Gasteiger partial charge in [-0.2, -0.15) is 0 Å². The zero-order valence-corrected chi connectivity index (χ0v) is 19.7. The van der Waals surface area contributed by atoms with Gasteiger partial charge < -0.3 is 14.2 Å². The molecule has 0 fully saturated rings. The van der Waals surface area contributed by atoms with E-state index in [1.165, 1.54) is 39.2 Å². The third-order valence-corrected chi connectivity index (χ3v) is 6.94. The molecule has 2 aromatic rings. The third-order valence-electron chi connectivity index (χ3n) is 4.30. The molecule has 0 unspecified atom stereocenters. The summed E-state index contributed by atoms with van der Waals surface area (Å²) in [7, 11) is 0. The van der Waals surface area contributed by atoms with Crippen LogP contribution in [0, 0.1) is 7.14 Å². The summed E-state index contributed by atoms with van der Waals surface area (Å²) in [6.07, 6.45) is 7.74. The molecule has 0 spiro atoms. The molecule has 0 saturated carbocycles. The number of ether oxygens (including phenoxy) is 3. The Hall–Kier alpha value is -1.43. The van der Waals surface area contributed by atoms with Crippen LogP contribution in [0.4, 0.5) is 0 Å². The van der Waals surface area contributed by atoms with E-state index < -0.39 is 0 Å². The second-order valence-electron chi connectivity index (χ2n) is 6.62. The van der Waals surface area contributed by atoms with Crippen molar-refractivity contribution in [2.24, 2.45) is 0 Å². The number of benzene rings is 2. The highest BCUT2D eigenvalue weighted by atomic mass is 127. The molecule has 0 bridgehead atoms. The van der Waals surface area contributed by atoms with Crippen molar-refractivity contribution < 1.29 is 35.4 Å². The van der Waals surface area contributed by atoms with Crippen LogP contribution in [-0.4, -0.2) is 19.8 Å². The van der Waals surface area contributed by atoms with E-state index >= 15 is 0 Å². The number of hydrogen-bond donors (Lipinski definition) is 0. The first kappa shape index (κ1) is 22.9. The van der Waals surface area contributed by atoms with Crippen molar-refractivity contribution in [3.05, 3.63) is 49.6 Å². The molecule has 0 aromatic heterocycles. The monoisotopic (exact) mass is 497 g/mol. The topological polar surface area (TPSA) is 27.7 Å². The first-order valence-electron chi connectivity index (χ1n) is 10.5. The fraction of sp³-hybridized carbons (Fsp3) is 0.500. The maximum atomic E-state index is 5.89. The van der Waals surface area contributed by atoms with E-state index in [0.717, 1.165) is 30.3 Å². The highest BCUT2D eigenvalue weighted by Crippen LogP contribution is 2.26. The molecule has 2 rings (SSSR count). The molecule has 0 aliphatic carbocycles. The lowest BCUT2D eigenvalue weighted by Gasteiger charge is -2.09. The summed E-state index contributed by atoms with van der Waals surface area (Å²) in [5.74, 6) is 2.65. The Labute approximate surface area is 181 Å². The van der Waals surface area contributed by atoms with Gasteiger partial charge in [0.15, 0.2) is 18.6 Å². The van der Waals surface area contributed by atoms with Gasteiger partial charge in [-0.05, 0) is 56.7 Å². The first-order valence-corrected chi connectivity index (χ1v) is 12.7. The Morgan fingerprint density at radius 1 is 0.643 bits per heavy atom. The lowest BCUT2D eigenvalue weighted by Crippen LogP contribution is -3.61. The van der Waals surface area contributed by atoms with Gasteiger partial charge in [-0.25, -0.2) is 0 Å². The maximum absolute atomic E-state index is 5.89. The Kier molecular flexibility index (Phi) is 11.2. The molecule has 0 aliphatic heterocycles. The molecule has 0 amide bonds.